The molecule has 0 bridgehead atoms. The summed E-state index contributed by atoms with van der Waals surface area (Å²) in [6.07, 6.45) is 0.917. The summed E-state index contributed by atoms with van der Waals surface area (Å²) in [5.74, 6) is 0.259. The molecule has 1 atom stereocenters. The van der Waals surface area contributed by atoms with E-state index in [4.69, 9.17) is 4.74 Å². The monoisotopic (exact) mass is 286 g/mol. The molecule has 0 amide bonds. The van der Waals surface area contributed by atoms with Crippen LogP contribution in [0.5, 0.6) is 5.75 Å². The Hall–Kier alpha value is -2.40. The SMILES string of the molecule is COc1cccc(-c2nc3c(F)cccn3c2C(C)O)c1. The zero-order valence-electron chi connectivity index (χ0n) is 11.7. The van der Waals surface area contributed by atoms with Crippen LogP contribution >= 0.6 is 0 Å². The van der Waals surface area contributed by atoms with Crippen molar-refractivity contribution in [1.82, 2.24) is 9.38 Å². The van der Waals surface area contributed by atoms with Crippen LogP contribution in [0.3, 0.4) is 0 Å². The molecule has 4 nitrogen and oxygen atoms in total. The number of pyridine rings is 1. The van der Waals surface area contributed by atoms with Crippen LogP contribution in [0.1, 0.15) is 18.7 Å². The Morgan fingerprint density at radius 1 is 1.29 bits per heavy atom. The third kappa shape index (κ3) is 2.25. The van der Waals surface area contributed by atoms with Gasteiger partial charge >= 0.3 is 0 Å². The summed E-state index contributed by atoms with van der Waals surface area (Å²) in [6.45, 7) is 1.64. The van der Waals surface area contributed by atoms with Gasteiger partial charge in [0.05, 0.1) is 24.6 Å². The fourth-order valence-electron chi connectivity index (χ4n) is 2.43. The third-order valence-electron chi connectivity index (χ3n) is 3.38. The molecule has 0 radical (unpaired) electrons. The highest BCUT2D eigenvalue weighted by atomic mass is 19.1. The van der Waals surface area contributed by atoms with Crippen LogP contribution < -0.4 is 4.74 Å². The van der Waals surface area contributed by atoms with E-state index in [0.29, 0.717) is 17.1 Å². The minimum atomic E-state index is -0.775. The average Bonchev–Trinajstić information content (AvgIpc) is 2.88. The second kappa shape index (κ2) is 5.18. The van der Waals surface area contributed by atoms with Gasteiger partial charge < -0.3 is 9.84 Å². The predicted octanol–water partition coefficient (Wildman–Crippen LogP) is 3.20. The molecule has 0 aliphatic carbocycles. The molecule has 0 aliphatic heterocycles. The van der Waals surface area contributed by atoms with Crippen LogP contribution in [-0.4, -0.2) is 21.6 Å². The van der Waals surface area contributed by atoms with Crippen molar-refractivity contribution in [2.24, 2.45) is 0 Å². The van der Waals surface area contributed by atoms with Gasteiger partial charge in [0, 0.05) is 11.8 Å². The summed E-state index contributed by atoms with van der Waals surface area (Å²) in [5.41, 5.74) is 2.08. The van der Waals surface area contributed by atoms with Gasteiger partial charge in [0.15, 0.2) is 11.5 Å². The molecule has 0 saturated heterocycles. The zero-order chi connectivity index (χ0) is 15.0. The van der Waals surface area contributed by atoms with Gasteiger partial charge in [0.1, 0.15) is 5.75 Å². The number of ether oxygens (including phenoxy) is 1. The molecule has 21 heavy (non-hydrogen) atoms. The molecule has 108 valence electrons. The van der Waals surface area contributed by atoms with Crippen molar-refractivity contribution in [1.29, 1.82) is 0 Å². The highest BCUT2D eigenvalue weighted by Crippen LogP contribution is 2.31. The van der Waals surface area contributed by atoms with Gasteiger partial charge in [-0.3, -0.25) is 4.40 Å². The molecule has 0 fully saturated rings. The largest absolute Gasteiger partial charge is 0.497 e. The Labute approximate surface area is 121 Å². The number of rotatable bonds is 3. The summed E-state index contributed by atoms with van der Waals surface area (Å²) in [7, 11) is 1.58. The van der Waals surface area contributed by atoms with Crippen LogP contribution in [0.25, 0.3) is 16.9 Å². The fourth-order valence-corrected chi connectivity index (χ4v) is 2.43. The Balaban J connectivity index is 2.30. The minimum absolute atomic E-state index is 0.200. The zero-order valence-corrected chi connectivity index (χ0v) is 11.7. The molecule has 0 saturated carbocycles. The molecule has 1 aromatic carbocycles. The van der Waals surface area contributed by atoms with Gasteiger partial charge in [-0.05, 0) is 31.2 Å². The molecule has 1 N–H and O–H groups in total. The van der Waals surface area contributed by atoms with Crippen molar-refractivity contribution in [3.8, 4) is 17.0 Å². The van der Waals surface area contributed by atoms with E-state index >= 15 is 0 Å². The summed E-state index contributed by atoms with van der Waals surface area (Å²) in [6, 6.07) is 10.3. The number of hydrogen-bond donors (Lipinski definition) is 1. The van der Waals surface area contributed by atoms with E-state index in [9.17, 15) is 9.50 Å². The van der Waals surface area contributed by atoms with Crippen LogP contribution in [0.15, 0.2) is 42.6 Å². The standard InChI is InChI=1S/C16H15FN2O2/c1-10(20)15-14(11-5-3-6-12(9-11)21-2)18-16-13(17)7-4-8-19(15)16/h3-10,20H,1-2H3. The molecule has 3 rings (SSSR count). The quantitative estimate of drug-likeness (QED) is 0.804. The fraction of sp³-hybridized carbons (Fsp3) is 0.188. The number of aromatic nitrogens is 2. The maximum absolute atomic E-state index is 13.9. The molecule has 0 aliphatic rings. The van der Waals surface area contributed by atoms with Gasteiger partial charge in [-0.1, -0.05) is 12.1 Å². The Bertz CT molecular complexity index is 796. The first-order chi connectivity index (χ1) is 10.1. The Morgan fingerprint density at radius 2 is 2.10 bits per heavy atom. The van der Waals surface area contributed by atoms with E-state index in [-0.39, 0.29) is 5.65 Å². The molecule has 3 aromatic rings. The van der Waals surface area contributed by atoms with Crippen molar-refractivity contribution in [3.63, 3.8) is 0 Å². The number of hydrogen-bond acceptors (Lipinski definition) is 3. The van der Waals surface area contributed by atoms with E-state index < -0.39 is 11.9 Å². The number of halogens is 1. The first kappa shape index (κ1) is 13.6. The van der Waals surface area contributed by atoms with Gasteiger partial charge in [0.25, 0.3) is 0 Å². The van der Waals surface area contributed by atoms with Gasteiger partial charge in [0.2, 0.25) is 0 Å². The first-order valence-corrected chi connectivity index (χ1v) is 6.60. The normalized spacial score (nSPS) is 12.6. The maximum atomic E-state index is 13.9. The number of fused-ring (bicyclic) bond motifs is 1. The number of benzene rings is 1. The lowest BCUT2D eigenvalue weighted by atomic mass is 10.1. The summed E-state index contributed by atoms with van der Waals surface area (Å²) in [5, 5.41) is 10.1. The van der Waals surface area contributed by atoms with Crippen LogP contribution in [0.4, 0.5) is 4.39 Å². The molecule has 0 spiro atoms. The molecule has 1 unspecified atom stereocenters. The van der Waals surface area contributed by atoms with Crippen LogP contribution in [0.2, 0.25) is 0 Å². The highest BCUT2D eigenvalue weighted by Gasteiger charge is 2.19. The van der Waals surface area contributed by atoms with E-state index in [1.54, 1.807) is 30.7 Å². The van der Waals surface area contributed by atoms with Crippen molar-refractivity contribution in [2.45, 2.75) is 13.0 Å². The van der Waals surface area contributed by atoms with E-state index in [0.717, 1.165) is 5.56 Å². The second-order valence-corrected chi connectivity index (χ2v) is 4.80. The number of nitrogens with zero attached hydrogens (tertiary/aromatic N) is 2. The number of imidazole rings is 1. The van der Waals surface area contributed by atoms with Crippen molar-refractivity contribution in [2.75, 3.05) is 7.11 Å². The maximum Gasteiger partial charge on any atom is 0.174 e. The van der Waals surface area contributed by atoms with Gasteiger partial charge in [-0.2, -0.15) is 0 Å². The molecule has 2 aromatic heterocycles. The summed E-state index contributed by atoms with van der Waals surface area (Å²) < 4.78 is 20.7. The molecule has 2 heterocycles. The molecular formula is C16H15FN2O2. The summed E-state index contributed by atoms with van der Waals surface area (Å²) in [4.78, 5) is 4.35. The van der Waals surface area contributed by atoms with E-state index in [1.165, 1.54) is 6.07 Å². The first-order valence-electron chi connectivity index (χ1n) is 6.60. The number of methoxy groups -OCH3 is 1. The predicted molar refractivity (Wildman–Crippen MR) is 77.8 cm³/mol. The smallest absolute Gasteiger partial charge is 0.174 e. The van der Waals surface area contributed by atoms with Crippen molar-refractivity contribution >= 4 is 5.65 Å². The highest BCUT2D eigenvalue weighted by molar-refractivity contribution is 5.68. The van der Waals surface area contributed by atoms with Gasteiger partial charge in [-0.15, -0.1) is 0 Å². The van der Waals surface area contributed by atoms with Crippen molar-refractivity contribution in [3.05, 3.63) is 54.1 Å². The minimum Gasteiger partial charge on any atom is -0.497 e. The number of aliphatic hydroxyl groups excluding tert-OH is 1. The lowest BCUT2D eigenvalue weighted by Gasteiger charge is -2.08. The van der Waals surface area contributed by atoms with E-state index in [2.05, 4.69) is 4.98 Å². The average molecular weight is 286 g/mol. The summed E-state index contributed by atoms with van der Waals surface area (Å²) >= 11 is 0. The number of aliphatic hydroxyl groups is 1. The Morgan fingerprint density at radius 3 is 2.81 bits per heavy atom. The lowest BCUT2D eigenvalue weighted by molar-refractivity contribution is 0.194. The Kier molecular flexibility index (Phi) is 3.35. The third-order valence-corrected chi connectivity index (χ3v) is 3.38. The second-order valence-electron chi connectivity index (χ2n) is 4.80. The molecular weight excluding hydrogens is 271 g/mol. The molecule has 5 heteroatoms. The van der Waals surface area contributed by atoms with Crippen molar-refractivity contribution < 1.29 is 14.2 Å². The van der Waals surface area contributed by atoms with Crippen LogP contribution in [-0.2, 0) is 0 Å². The van der Waals surface area contributed by atoms with Crippen LogP contribution in [0, 0.1) is 5.82 Å². The lowest BCUT2D eigenvalue weighted by Crippen LogP contribution is -2.00. The topological polar surface area (TPSA) is 46.8 Å². The van der Waals surface area contributed by atoms with Gasteiger partial charge in [-0.25, -0.2) is 9.37 Å². The van der Waals surface area contributed by atoms with E-state index in [1.807, 2.05) is 24.3 Å².